The van der Waals surface area contributed by atoms with Gasteiger partial charge in [0.15, 0.2) is 0 Å². The van der Waals surface area contributed by atoms with Gasteiger partial charge in [-0.3, -0.25) is 10.1 Å². The van der Waals surface area contributed by atoms with E-state index in [0.29, 0.717) is 18.7 Å². The molecule has 7 heteroatoms. The molecule has 0 spiro atoms. The third kappa shape index (κ3) is 3.28. The smallest absolute Gasteiger partial charge is 0.368 e. The zero-order valence-corrected chi connectivity index (χ0v) is 10.6. The first-order chi connectivity index (χ1) is 9.38. The molecule has 0 bridgehead atoms. The number of alkyl halides is 3. The molecule has 108 valence electrons. The van der Waals surface area contributed by atoms with Gasteiger partial charge < -0.3 is 4.90 Å². The molecule has 1 fully saturated rings. The zero-order chi connectivity index (χ0) is 14.8. The quantitative estimate of drug-likeness (QED) is 0.630. The van der Waals surface area contributed by atoms with Gasteiger partial charge in [0.1, 0.15) is 5.70 Å². The lowest BCUT2D eigenvalue weighted by atomic mass is 10.1. The minimum absolute atomic E-state index is 0.142. The molecule has 4 nitrogen and oxygen atoms in total. The molecule has 0 radical (unpaired) electrons. The van der Waals surface area contributed by atoms with E-state index in [1.807, 2.05) is 0 Å². The van der Waals surface area contributed by atoms with E-state index in [0.717, 1.165) is 18.9 Å². The molecular formula is C13H13F3N2O2. The molecule has 0 aliphatic carbocycles. The number of nitrogens with zero attached hydrogens (tertiary/aromatic N) is 2. The van der Waals surface area contributed by atoms with Gasteiger partial charge >= 0.3 is 6.18 Å². The second-order valence-electron chi connectivity index (χ2n) is 4.57. The predicted octanol–water partition coefficient (Wildman–Crippen LogP) is 3.59. The molecule has 1 aliphatic heterocycles. The van der Waals surface area contributed by atoms with Crippen molar-refractivity contribution in [2.45, 2.75) is 19.0 Å². The molecule has 1 heterocycles. The predicted molar refractivity (Wildman–Crippen MR) is 67.9 cm³/mol. The second-order valence-corrected chi connectivity index (χ2v) is 4.57. The van der Waals surface area contributed by atoms with Crippen LogP contribution in [0.15, 0.2) is 30.0 Å². The van der Waals surface area contributed by atoms with Crippen LogP contribution in [0.2, 0.25) is 0 Å². The average molecular weight is 286 g/mol. The maximum atomic E-state index is 13.0. The SMILES string of the molecule is O=[N+]([O-])c1ccc(/C=C(/N2CCCC2)C(F)(F)F)cc1. The van der Waals surface area contributed by atoms with Crippen LogP contribution in [0, 0.1) is 10.1 Å². The number of rotatable bonds is 3. The molecule has 0 atom stereocenters. The highest BCUT2D eigenvalue weighted by Crippen LogP contribution is 2.32. The molecule has 0 saturated carbocycles. The topological polar surface area (TPSA) is 46.4 Å². The molecule has 20 heavy (non-hydrogen) atoms. The minimum Gasteiger partial charge on any atom is -0.368 e. The van der Waals surface area contributed by atoms with Gasteiger partial charge in [0.2, 0.25) is 0 Å². The Bertz CT molecular complexity index is 517. The maximum Gasteiger partial charge on any atom is 0.431 e. The highest BCUT2D eigenvalue weighted by Gasteiger charge is 2.38. The lowest BCUT2D eigenvalue weighted by Gasteiger charge is -2.23. The number of nitro benzene ring substituents is 1. The highest BCUT2D eigenvalue weighted by atomic mass is 19.4. The van der Waals surface area contributed by atoms with Crippen molar-refractivity contribution in [2.75, 3.05) is 13.1 Å². The van der Waals surface area contributed by atoms with E-state index in [1.165, 1.54) is 29.2 Å². The molecule has 0 aromatic heterocycles. The molecule has 1 saturated heterocycles. The highest BCUT2D eigenvalue weighted by molar-refractivity contribution is 5.55. The Labute approximate surface area is 113 Å². The fourth-order valence-corrected chi connectivity index (χ4v) is 2.16. The van der Waals surface area contributed by atoms with Gasteiger partial charge in [-0.25, -0.2) is 0 Å². The Morgan fingerprint density at radius 1 is 1.20 bits per heavy atom. The van der Waals surface area contributed by atoms with E-state index in [4.69, 9.17) is 0 Å². The number of likely N-dealkylation sites (tertiary alicyclic amines) is 1. The molecule has 0 unspecified atom stereocenters. The van der Waals surface area contributed by atoms with Crippen molar-refractivity contribution in [2.24, 2.45) is 0 Å². The summed E-state index contributed by atoms with van der Waals surface area (Å²) < 4.78 is 39.1. The summed E-state index contributed by atoms with van der Waals surface area (Å²) in [6, 6.07) is 5.04. The van der Waals surface area contributed by atoms with Crippen molar-refractivity contribution < 1.29 is 18.1 Å². The lowest BCUT2D eigenvalue weighted by Crippen LogP contribution is -2.29. The first-order valence-corrected chi connectivity index (χ1v) is 6.16. The van der Waals surface area contributed by atoms with Crippen molar-refractivity contribution in [3.05, 3.63) is 45.6 Å². The van der Waals surface area contributed by atoms with Crippen LogP contribution in [0.3, 0.4) is 0 Å². The van der Waals surface area contributed by atoms with Crippen molar-refractivity contribution >= 4 is 11.8 Å². The third-order valence-corrected chi connectivity index (χ3v) is 3.14. The second kappa shape index (κ2) is 5.52. The van der Waals surface area contributed by atoms with Crippen molar-refractivity contribution in [1.82, 2.24) is 4.90 Å². The van der Waals surface area contributed by atoms with Crippen LogP contribution in [0.25, 0.3) is 6.08 Å². The van der Waals surface area contributed by atoms with E-state index < -0.39 is 16.8 Å². The average Bonchev–Trinajstić information content (AvgIpc) is 2.88. The number of allylic oxidation sites excluding steroid dienone is 1. The van der Waals surface area contributed by atoms with Crippen molar-refractivity contribution in [1.29, 1.82) is 0 Å². The molecule has 0 N–H and O–H groups in total. The summed E-state index contributed by atoms with van der Waals surface area (Å²) >= 11 is 0. The fraction of sp³-hybridized carbons (Fsp3) is 0.385. The number of hydrogen-bond donors (Lipinski definition) is 0. The molecule has 0 amide bonds. The van der Waals surface area contributed by atoms with E-state index in [1.54, 1.807) is 0 Å². The Morgan fingerprint density at radius 3 is 2.20 bits per heavy atom. The van der Waals surface area contributed by atoms with Gasteiger partial charge in [0, 0.05) is 25.2 Å². The van der Waals surface area contributed by atoms with Crippen LogP contribution < -0.4 is 0 Å². The van der Waals surface area contributed by atoms with E-state index in [9.17, 15) is 23.3 Å². The summed E-state index contributed by atoms with van der Waals surface area (Å²) in [5.74, 6) is 0. The van der Waals surface area contributed by atoms with Gasteiger partial charge in [-0.1, -0.05) is 0 Å². The summed E-state index contributed by atoms with van der Waals surface area (Å²) in [5.41, 5.74) is -0.532. The number of nitro groups is 1. The fourth-order valence-electron chi connectivity index (χ4n) is 2.16. The van der Waals surface area contributed by atoms with E-state index in [-0.39, 0.29) is 5.69 Å². The molecule has 1 aromatic carbocycles. The van der Waals surface area contributed by atoms with Gasteiger partial charge in [-0.2, -0.15) is 13.2 Å². The van der Waals surface area contributed by atoms with Crippen LogP contribution in [-0.4, -0.2) is 29.1 Å². The van der Waals surface area contributed by atoms with Crippen molar-refractivity contribution in [3.8, 4) is 0 Å². The van der Waals surface area contributed by atoms with E-state index in [2.05, 4.69) is 0 Å². The van der Waals surface area contributed by atoms with Gasteiger partial charge in [0.05, 0.1) is 4.92 Å². The minimum atomic E-state index is -4.42. The Morgan fingerprint density at radius 2 is 1.75 bits per heavy atom. The monoisotopic (exact) mass is 286 g/mol. The Hall–Kier alpha value is -2.05. The van der Waals surface area contributed by atoms with Crippen LogP contribution in [0.1, 0.15) is 18.4 Å². The number of benzene rings is 1. The summed E-state index contributed by atoms with van der Waals surface area (Å²) in [7, 11) is 0. The van der Waals surface area contributed by atoms with Crippen LogP contribution in [0.5, 0.6) is 0 Å². The van der Waals surface area contributed by atoms with Gasteiger partial charge in [0.25, 0.3) is 5.69 Å². The normalized spacial score (nSPS) is 16.6. The van der Waals surface area contributed by atoms with Gasteiger partial charge in [-0.05, 0) is 36.6 Å². The number of hydrogen-bond acceptors (Lipinski definition) is 3. The van der Waals surface area contributed by atoms with Gasteiger partial charge in [-0.15, -0.1) is 0 Å². The summed E-state index contributed by atoms with van der Waals surface area (Å²) in [5, 5.41) is 10.5. The molecule has 1 aliphatic rings. The Balaban J connectivity index is 2.30. The summed E-state index contributed by atoms with van der Waals surface area (Å²) in [4.78, 5) is 11.2. The third-order valence-electron chi connectivity index (χ3n) is 3.14. The van der Waals surface area contributed by atoms with Crippen LogP contribution in [0.4, 0.5) is 18.9 Å². The van der Waals surface area contributed by atoms with Crippen LogP contribution >= 0.6 is 0 Å². The molecule has 1 aromatic rings. The number of non-ortho nitro benzene ring substituents is 1. The summed E-state index contributed by atoms with van der Waals surface area (Å²) in [6.45, 7) is 0.774. The Kier molecular flexibility index (Phi) is 3.96. The summed E-state index contributed by atoms with van der Waals surface area (Å²) in [6.07, 6.45) is -1.90. The molecule has 2 rings (SSSR count). The van der Waals surface area contributed by atoms with Crippen molar-refractivity contribution in [3.63, 3.8) is 0 Å². The van der Waals surface area contributed by atoms with E-state index >= 15 is 0 Å². The first kappa shape index (κ1) is 14.4. The number of halogens is 3. The van der Waals surface area contributed by atoms with Crippen LogP contribution in [-0.2, 0) is 0 Å². The first-order valence-electron chi connectivity index (χ1n) is 6.16. The standard InChI is InChI=1S/C13H13F3N2O2/c14-13(15,16)12(17-7-1-2-8-17)9-10-3-5-11(6-4-10)18(19)20/h3-6,9H,1-2,7-8H2/b12-9+. The maximum absolute atomic E-state index is 13.0. The zero-order valence-electron chi connectivity index (χ0n) is 10.6. The molecular weight excluding hydrogens is 273 g/mol. The lowest BCUT2D eigenvalue weighted by molar-refractivity contribution is -0.384. The largest absolute Gasteiger partial charge is 0.431 e.